The summed E-state index contributed by atoms with van der Waals surface area (Å²) >= 11 is 0. The molecule has 0 bridgehead atoms. The van der Waals surface area contributed by atoms with Crippen LogP contribution >= 0.6 is 0 Å². The molecule has 0 saturated carbocycles. The van der Waals surface area contributed by atoms with E-state index in [1.807, 2.05) is 0 Å². The first-order chi connectivity index (χ1) is 25.4. The number of nitrogens with zero attached hydrogens (tertiary/aromatic N) is 2. The van der Waals surface area contributed by atoms with Gasteiger partial charge in [-0.1, -0.05) is 153 Å². The first-order valence-corrected chi connectivity index (χ1v) is 20.8. The van der Waals surface area contributed by atoms with Gasteiger partial charge in [0.25, 0.3) is 6.71 Å². The molecule has 0 spiro atoms. The minimum absolute atomic E-state index is 0.000592. The summed E-state index contributed by atoms with van der Waals surface area (Å²) in [5, 5.41) is 0. The van der Waals surface area contributed by atoms with Crippen molar-refractivity contribution in [3.63, 3.8) is 0 Å². The van der Waals surface area contributed by atoms with E-state index in [0.717, 1.165) is 0 Å². The van der Waals surface area contributed by atoms with E-state index in [9.17, 15) is 0 Å². The molecule has 2 aliphatic heterocycles. The Morgan fingerprint density at radius 1 is 0.400 bits per heavy atom. The normalized spacial score (nSPS) is 14.4. The van der Waals surface area contributed by atoms with Gasteiger partial charge >= 0.3 is 0 Å². The zero-order valence-electron chi connectivity index (χ0n) is 36.8. The van der Waals surface area contributed by atoms with Crippen LogP contribution in [-0.4, -0.2) is 6.71 Å². The molecule has 2 aliphatic rings. The van der Waals surface area contributed by atoms with Gasteiger partial charge in [-0.05, 0) is 132 Å². The minimum Gasteiger partial charge on any atom is -0.311 e. The quantitative estimate of drug-likeness (QED) is 0.167. The topological polar surface area (TPSA) is 6.48 Å². The molecular weight excluding hydrogens is 663 g/mol. The van der Waals surface area contributed by atoms with Gasteiger partial charge in [0.1, 0.15) is 0 Å². The maximum atomic E-state index is 2.60. The van der Waals surface area contributed by atoms with Crippen LogP contribution in [0.1, 0.15) is 156 Å². The summed E-state index contributed by atoms with van der Waals surface area (Å²) in [5.74, 6) is 0.842. The molecule has 0 aromatic heterocycles. The van der Waals surface area contributed by atoms with E-state index in [2.05, 4.69) is 212 Å². The fourth-order valence-corrected chi connectivity index (χ4v) is 8.47. The van der Waals surface area contributed by atoms with Gasteiger partial charge in [-0.25, -0.2) is 0 Å². The van der Waals surface area contributed by atoms with E-state index in [1.54, 1.807) is 0 Å². The largest absolute Gasteiger partial charge is 0.311 e. The molecule has 2 nitrogen and oxygen atoms in total. The SMILES string of the molecule is CC(C)c1ccc2c(c1)B1c3cc(C(C)C)ccc3N(c3cc(C(C)(C)C)cc(C(C)(C)C)c3)c3cccc(c31)N2c1cc(C(C)(C)C)cc(C(C)(C)C)c1. The highest BCUT2D eigenvalue weighted by molar-refractivity contribution is 7.00. The van der Waals surface area contributed by atoms with Gasteiger partial charge in [0, 0.05) is 34.1 Å². The van der Waals surface area contributed by atoms with Crippen LogP contribution in [0.4, 0.5) is 34.1 Å². The van der Waals surface area contributed by atoms with Crippen LogP contribution in [0.5, 0.6) is 0 Å². The molecule has 0 atom stereocenters. The Hall–Kier alpha value is -4.24. The Kier molecular flexibility index (Phi) is 9.35. The lowest BCUT2D eigenvalue weighted by Gasteiger charge is -2.45. The molecule has 0 amide bonds. The van der Waals surface area contributed by atoms with Crippen LogP contribution < -0.4 is 26.2 Å². The standard InChI is InChI=1S/C52H65BN2/c1-32(2)34-20-22-44-42(24-34)53-43-25-35(33(3)4)21-23-45(43)55(41-30-38(51(11,12)13)27-39(31-41)52(14,15)16)47-19-17-18-46(48(47)53)54(44)40-28-36(49(5,6)7)26-37(29-40)50(8,9)10/h17-33H,1-16H3. The van der Waals surface area contributed by atoms with E-state index in [1.165, 1.54) is 83.9 Å². The lowest BCUT2D eigenvalue weighted by atomic mass is 9.33. The summed E-state index contributed by atoms with van der Waals surface area (Å²) in [5.41, 5.74) is 20.0. The molecule has 0 fully saturated rings. The number of rotatable bonds is 4. The third-order valence-electron chi connectivity index (χ3n) is 12.2. The van der Waals surface area contributed by atoms with Crippen LogP contribution in [0.15, 0.2) is 91.0 Å². The molecule has 2 heterocycles. The number of anilines is 6. The summed E-state index contributed by atoms with van der Waals surface area (Å²) in [4.78, 5) is 5.20. The van der Waals surface area contributed by atoms with E-state index in [4.69, 9.17) is 0 Å². The van der Waals surface area contributed by atoms with Crippen molar-refractivity contribution >= 4 is 57.2 Å². The van der Waals surface area contributed by atoms with Gasteiger partial charge in [-0.15, -0.1) is 0 Å². The Morgan fingerprint density at radius 2 is 0.727 bits per heavy atom. The molecule has 0 unspecified atom stereocenters. The van der Waals surface area contributed by atoms with E-state index >= 15 is 0 Å². The molecule has 0 aliphatic carbocycles. The summed E-state index contributed by atoms with van der Waals surface area (Å²) < 4.78 is 0. The molecule has 0 N–H and O–H groups in total. The maximum absolute atomic E-state index is 2.60. The first kappa shape index (κ1) is 39.0. The van der Waals surface area contributed by atoms with Crippen molar-refractivity contribution in [3.05, 3.63) is 124 Å². The lowest BCUT2D eigenvalue weighted by Crippen LogP contribution is -2.61. The third kappa shape index (κ3) is 6.96. The fourth-order valence-electron chi connectivity index (χ4n) is 8.47. The van der Waals surface area contributed by atoms with Crippen molar-refractivity contribution in [2.75, 3.05) is 9.80 Å². The van der Waals surface area contributed by atoms with Crippen molar-refractivity contribution in [2.24, 2.45) is 0 Å². The third-order valence-corrected chi connectivity index (χ3v) is 12.2. The van der Waals surface area contributed by atoms with Gasteiger partial charge in [0.15, 0.2) is 0 Å². The average molecular weight is 729 g/mol. The number of benzene rings is 5. The monoisotopic (exact) mass is 729 g/mol. The van der Waals surface area contributed by atoms with Gasteiger partial charge in [-0.2, -0.15) is 0 Å². The van der Waals surface area contributed by atoms with Crippen LogP contribution in [-0.2, 0) is 21.7 Å². The Balaban J connectivity index is 1.61. The zero-order valence-corrected chi connectivity index (χ0v) is 36.8. The predicted molar refractivity (Wildman–Crippen MR) is 243 cm³/mol. The van der Waals surface area contributed by atoms with Crippen molar-refractivity contribution in [3.8, 4) is 0 Å². The van der Waals surface area contributed by atoms with Gasteiger partial charge in [0.05, 0.1) is 0 Å². The Labute approximate surface area is 334 Å². The lowest BCUT2D eigenvalue weighted by molar-refractivity contribution is 0.568. The summed E-state index contributed by atoms with van der Waals surface area (Å²) in [7, 11) is 0. The second kappa shape index (κ2) is 13.2. The van der Waals surface area contributed by atoms with Gasteiger partial charge < -0.3 is 9.80 Å². The van der Waals surface area contributed by atoms with E-state index in [0.29, 0.717) is 11.8 Å². The van der Waals surface area contributed by atoms with Crippen LogP contribution in [0.25, 0.3) is 0 Å². The molecule has 286 valence electrons. The van der Waals surface area contributed by atoms with Crippen molar-refractivity contribution in [1.82, 2.24) is 0 Å². The highest BCUT2D eigenvalue weighted by atomic mass is 15.2. The highest BCUT2D eigenvalue weighted by Gasteiger charge is 2.44. The molecule has 5 aromatic rings. The zero-order chi connectivity index (χ0) is 40.2. The number of hydrogen-bond acceptors (Lipinski definition) is 2. The minimum atomic E-state index is 0.000592. The molecule has 55 heavy (non-hydrogen) atoms. The maximum Gasteiger partial charge on any atom is 0.252 e. The molecule has 0 radical (unpaired) electrons. The summed E-state index contributed by atoms with van der Waals surface area (Å²) in [6.07, 6.45) is 0. The second-order valence-corrected chi connectivity index (χ2v) is 21.3. The molecule has 7 rings (SSSR count). The van der Waals surface area contributed by atoms with Crippen molar-refractivity contribution in [1.29, 1.82) is 0 Å². The molecule has 5 aromatic carbocycles. The smallest absolute Gasteiger partial charge is 0.252 e. The fraction of sp³-hybridized carbons (Fsp3) is 0.423. The van der Waals surface area contributed by atoms with Gasteiger partial charge in [-0.3, -0.25) is 0 Å². The van der Waals surface area contributed by atoms with Gasteiger partial charge in [0.2, 0.25) is 0 Å². The first-order valence-electron chi connectivity index (χ1n) is 20.8. The van der Waals surface area contributed by atoms with Crippen LogP contribution in [0.3, 0.4) is 0 Å². The molecule has 3 heteroatoms. The average Bonchev–Trinajstić information content (AvgIpc) is 3.09. The highest BCUT2D eigenvalue weighted by Crippen LogP contribution is 2.47. The predicted octanol–water partition coefficient (Wildman–Crippen LogP) is 13.2. The molecule has 0 saturated heterocycles. The summed E-state index contributed by atoms with van der Waals surface area (Å²) in [6, 6.07) is 36.4. The van der Waals surface area contributed by atoms with Crippen molar-refractivity contribution < 1.29 is 0 Å². The van der Waals surface area contributed by atoms with Crippen LogP contribution in [0.2, 0.25) is 0 Å². The Morgan fingerprint density at radius 3 is 1.02 bits per heavy atom. The number of hydrogen-bond donors (Lipinski definition) is 0. The van der Waals surface area contributed by atoms with E-state index < -0.39 is 0 Å². The summed E-state index contributed by atoms with van der Waals surface area (Å²) in [6.45, 7) is 37.5. The second-order valence-electron chi connectivity index (χ2n) is 21.3. The molecular formula is C52H65BN2. The number of fused-ring (bicyclic) bond motifs is 4. The van der Waals surface area contributed by atoms with E-state index in [-0.39, 0.29) is 28.4 Å². The van der Waals surface area contributed by atoms with Crippen molar-refractivity contribution in [2.45, 2.75) is 144 Å². The Bertz CT molecular complexity index is 2060. The van der Waals surface area contributed by atoms with Crippen LogP contribution in [0, 0.1) is 0 Å².